The van der Waals surface area contributed by atoms with Crippen molar-refractivity contribution in [3.63, 3.8) is 0 Å². The monoisotopic (exact) mass is 374 g/mol. The second-order valence-corrected chi connectivity index (χ2v) is 7.74. The van der Waals surface area contributed by atoms with Gasteiger partial charge in [-0.1, -0.05) is 27.2 Å². The van der Waals surface area contributed by atoms with Crippen LogP contribution in [0.25, 0.3) is 0 Å². The number of carbonyl (C=O) groups is 2. The summed E-state index contributed by atoms with van der Waals surface area (Å²) in [5.41, 5.74) is 1.09. The lowest BCUT2D eigenvalue weighted by Crippen LogP contribution is -2.45. The second-order valence-electron chi connectivity index (χ2n) is 7.74. The molecule has 6 nitrogen and oxygen atoms in total. The standard InChI is InChI=1S/C21H34N4O2/c1-4-5-12-25(16-19-6-10-22-11-7-19)21(27)23-15-18-8-13-24(14-9-18)20(26)17(2)3/h6-7,10-11,17-18H,4-5,8-9,12-16H2,1-3H3,(H,23,27). The van der Waals surface area contributed by atoms with Crippen LogP contribution in [0.1, 0.15) is 52.0 Å². The largest absolute Gasteiger partial charge is 0.342 e. The van der Waals surface area contributed by atoms with Gasteiger partial charge in [0.1, 0.15) is 0 Å². The van der Waals surface area contributed by atoms with Crippen molar-refractivity contribution in [2.24, 2.45) is 11.8 Å². The Bertz CT molecular complexity index is 583. The van der Waals surface area contributed by atoms with E-state index in [1.165, 1.54) is 0 Å². The fourth-order valence-corrected chi connectivity index (χ4v) is 3.38. The van der Waals surface area contributed by atoms with Gasteiger partial charge in [0.05, 0.1) is 0 Å². The van der Waals surface area contributed by atoms with Crippen molar-refractivity contribution in [3.05, 3.63) is 30.1 Å². The second kappa shape index (κ2) is 10.9. The predicted octanol–water partition coefficient (Wildman–Crippen LogP) is 3.29. The number of hydrogen-bond acceptors (Lipinski definition) is 3. The zero-order valence-electron chi connectivity index (χ0n) is 17.0. The van der Waals surface area contributed by atoms with Crippen LogP contribution < -0.4 is 5.32 Å². The molecule has 1 aliphatic rings. The van der Waals surface area contributed by atoms with Gasteiger partial charge < -0.3 is 15.1 Å². The number of nitrogens with one attached hydrogen (secondary N) is 1. The molecule has 0 saturated carbocycles. The maximum absolute atomic E-state index is 12.7. The van der Waals surface area contributed by atoms with Crippen LogP contribution in [0.3, 0.4) is 0 Å². The number of urea groups is 1. The minimum absolute atomic E-state index is 0.000878. The summed E-state index contributed by atoms with van der Waals surface area (Å²) in [6.45, 7) is 9.67. The summed E-state index contributed by atoms with van der Waals surface area (Å²) in [7, 11) is 0. The molecule has 6 heteroatoms. The minimum Gasteiger partial charge on any atom is -0.342 e. The van der Waals surface area contributed by atoms with Gasteiger partial charge in [-0.05, 0) is 42.9 Å². The highest BCUT2D eigenvalue weighted by Crippen LogP contribution is 2.18. The van der Waals surface area contributed by atoms with Crippen molar-refractivity contribution in [1.82, 2.24) is 20.1 Å². The van der Waals surface area contributed by atoms with Crippen LogP contribution in [0.2, 0.25) is 0 Å². The lowest BCUT2D eigenvalue weighted by atomic mass is 9.96. The van der Waals surface area contributed by atoms with Gasteiger partial charge in [0.15, 0.2) is 0 Å². The summed E-state index contributed by atoms with van der Waals surface area (Å²) >= 11 is 0. The molecule has 0 spiro atoms. The Hall–Kier alpha value is -2.11. The van der Waals surface area contributed by atoms with Crippen molar-refractivity contribution in [2.45, 2.75) is 53.0 Å². The number of pyridine rings is 1. The summed E-state index contributed by atoms with van der Waals surface area (Å²) in [5, 5.41) is 3.12. The van der Waals surface area contributed by atoms with Crippen molar-refractivity contribution in [3.8, 4) is 0 Å². The first kappa shape index (κ1) is 21.2. The maximum Gasteiger partial charge on any atom is 0.317 e. The quantitative estimate of drug-likeness (QED) is 0.759. The van der Waals surface area contributed by atoms with Crippen molar-refractivity contribution in [1.29, 1.82) is 0 Å². The summed E-state index contributed by atoms with van der Waals surface area (Å²) in [6.07, 6.45) is 7.49. The van der Waals surface area contributed by atoms with Gasteiger partial charge in [-0.15, -0.1) is 0 Å². The van der Waals surface area contributed by atoms with E-state index in [4.69, 9.17) is 0 Å². The molecular formula is C21H34N4O2. The maximum atomic E-state index is 12.7. The molecule has 150 valence electrons. The average Bonchev–Trinajstić information content (AvgIpc) is 2.69. The predicted molar refractivity (Wildman–Crippen MR) is 107 cm³/mol. The molecule has 1 aliphatic heterocycles. The van der Waals surface area contributed by atoms with Crippen molar-refractivity contribution in [2.75, 3.05) is 26.2 Å². The van der Waals surface area contributed by atoms with Gasteiger partial charge in [-0.2, -0.15) is 0 Å². The van der Waals surface area contributed by atoms with Gasteiger partial charge in [0.2, 0.25) is 5.91 Å². The number of carbonyl (C=O) groups excluding carboxylic acids is 2. The summed E-state index contributed by atoms with van der Waals surface area (Å²) < 4.78 is 0. The lowest BCUT2D eigenvalue weighted by Gasteiger charge is -2.33. The topological polar surface area (TPSA) is 65.5 Å². The minimum atomic E-state index is 0.000878. The summed E-state index contributed by atoms with van der Waals surface area (Å²) in [6, 6.07) is 3.91. The number of amides is 3. The number of aromatic nitrogens is 1. The molecule has 1 N–H and O–H groups in total. The Kier molecular flexibility index (Phi) is 8.55. The molecule has 0 unspecified atom stereocenters. The third-order valence-electron chi connectivity index (χ3n) is 5.15. The smallest absolute Gasteiger partial charge is 0.317 e. The van der Waals surface area contributed by atoms with Crippen LogP contribution in [0, 0.1) is 11.8 Å². The fraction of sp³-hybridized carbons (Fsp3) is 0.667. The van der Waals surface area contributed by atoms with E-state index in [1.807, 2.05) is 35.8 Å². The molecule has 1 fully saturated rings. The highest BCUT2D eigenvalue weighted by Gasteiger charge is 2.25. The van der Waals surface area contributed by atoms with E-state index in [0.717, 1.165) is 50.9 Å². The zero-order valence-corrected chi connectivity index (χ0v) is 17.0. The third-order valence-corrected chi connectivity index (χ3v) is 5.15. The molecule has 1 saturated heterocycles. The number of nitrogens with zero attached hydrogens (tertiary/aromatic N) is 3. The third kappa shape index (κ3) is 6.85. The molecule has 0 bridgehead atoms. The SMILES string of the molecule is CCCCN(Cc1ccncc1)C(=O)NCC1CCN(C(=O)C(C)C)CC1. The molecule has 2 rings (SSSR count). The Morgan fingerprint density at radius 1 is 1.26 bits per heavy atom. The van der Waals surface area contributed by atoms with E-state index in [-0.39, 0.29) is 17.9 Å². The molecule has 1 aromatic rings. The van der Waals surface area contributed by atoms with Crippen molar-refractivity contribution < 1.29 is 9.59 Å². The van der Waals surface area contributed by atoms with Gasteiger partial charge in [-0.25, -0.2) is 4.79 Å². The Labute approximate surface area is 163 Å². The van der Waals surface area contributed by atoms with Crippen LogP contribution in [0.5, 0.6) is 0 Å². The van der Waals surface area contributed by atoms with Gasteiger partial charge in [0.25, 0.3) is 0 Å². The number of piperidine rings is 1. The first-order valence-electron chi connectivity index (χ1n) is 10.2. The molecule has 0 aliphatic carbocycles. The van der Waals surface area contributed by atoms with E-state index in [2.05, 4.69) is 17.2 Å². The number of rotatable bonds is 8. The molecule has 0 radical (unpaired) electrons. The summed E-state index contributed by atoms with van der Waals surface area (Å²) in [5.74, 6) is 0.737. The molecule has 2 heterocycles. The zero-order chi connectivity index (χ0) is 19.6. The van der Waals surface area contributed by atoms with Gasteiger partial charge >= 0.3 is 6.03 Å². The van der Waals surface area contributed by atoms with Crippen LogP contribution in [-0.4, -0.2) is 52.9 Å². The molecular weight excluding hydrogens is 340 g/mol. The number of hydrogen-bond donors (Lipinski definition) is 1. The average molecular weight is 375 g/mol. The first-order valence-corrected chi connectivity index (χ1v) is 10.2. The highest BCUT2D eigenvalue weighted by atomic mass is 16.2. The Morgan fingerprint density at radius 2 is 1.93 bits per heavy atom. The Balaban J connectivity index is 1.80. The normalized spacial score (nSPS) is 15.0. The molecule has 0 aromatic carbocycles. The van der Waals surface area contributed by atoms with Crippen LogP contribution in [0.4, 0.5) is 4.79 Å². The molecule has 0 atom stereocenters. The van der Waals surface area contributed by atoms with Crippen LogP contribution >= 0.6 is 0 Å². The van der Waals surface area contributed by atoms with E-state index in [0.29, 0.717) is 19.0 Å². The van der Waals surface area contributed by atoms with E-state index in [1.54, 1.807) is 12.4 Å². The van der Waals surface area contributed by atoms with E-state index >= 15 is 0 Å². The summed E-state index contributed by atoms with van der Waals surface area (Å²) in [4.78, 5) is 32.7. The van der Waals surface area contributed by atoms with Crippen LogP contribution in [0.15, 0.2) is 24.5 Å². The first-order chi connectivity index (χ1) is 13.0. The van der Waals surface area contributed by atoms with Gasteiger partial charge in [-0.3, -0.25) is 9.78 Å². The number of unbranched alkanes of at least 4 members (excludes halogenated alkanes) is 1. The van der Waals surface area contributed by atoms with Crippen molar-refractivity contribution >= 4 is 11.9 Å². The van der Waals surface area contributed by atoms with E-state index < -0.39 is 0 Å². The number of likely N-dealkylation sites (tertiary alicyclic amines) is 1. The Morgan fingerprint density at radius 3 is 2.52 bits per heavy atom. The molecule has 27 heavy (non-hydrogen) atoms. The highest BCUT2D eigenvalue weighted by molar-refractivity contribution is 5.78. The van der Waals surface area contributed by atoms with Gasteiger partial charge in [0, 0.05) is 51.0 Å². The van der Waals surface area contributed by atoms with Crippen LogP contribution in [-0.2, 0) is 11.3 Å². The molecule has 3 amide bonds. The fourth-order valence-electron chi connectivity index (χ4n) is 3.38. The molecule has 1 aromatic heterocycles. The van der Waals surface area contributed by atoms with E-state index in [9.17, 15) is 9.59 Å². The lowest BCUT2D eigenvalue weighted by molar-refractivity contribution is -0.135.